The first kappa shape index (κ1) is 19.6. The second-order valence-electron chi connectivity index (χ2n) is 10.00. The third kappa shape index (κ3) is 3.19. The van der Waals surface area contributed by atoms with E-state index in [1.807, 2.05) is 0 Å². The Labute approximate surface area is 196 Å². The van der Waals surface area contributed by atoms with Crippen molar-refractivity contribution >= 4 is 11.4 Å². The van der Waals surface area contributed by atoms with Gasteiger partial charge in [-0.05, 0) is 54.2 Å². The van der Waals surface area contributed by atoms with Gasteiger partial charge in [-0.3, -0.25) is 9.74 Å². The molecule has 0 bridgehead atoms. The Balaban J connectivity index is 1.20. The Morgan fingerprint density at radius 3 is 2.27 bits per heavy atom. The van der Waals surface area contributed by atoms with Crippen LogP contribution in [0.15, 0.2) is 78.9 Å². The SMILES string of the molecule is c1ccc(N2CCN([C@@H]3CC[C@@H]4ON5c6ccccc6Cc6ccccc6C5[C@@H]43)CC2)cc1. The van der Waals surface area contributed by atoms with E-state index in [0.717, 1.165) is 39.0 Å². The maximum atomic E-state index is 6.76. The quantitative estimate of drug-likeness (QED) is 0.558. The topological polar surface area (TPSA) is 19.0 Å². The largest absolute Gasteiger partial charge is 0.369 e. The Morgan fingerprint density at radius 2 is 1.42 bits per heavy atom. The second-order valence-corrected chi connectivity index (χ2v) is 10.00. The zero-order chi connectivity index (χ0) is 21.8. The van der Waals surface area contributed by atoms with E-state index < -0.39 is 0 Å². The van der Waals surface area contributed by atoms with Crippen molar-refractivity contribution in [2.75, 3.05) is 36.1 Å². The summed E-state index contributed by atoms with van der Waals surface area (Å²) >= 11 is 0. The van der Waals surface area contributed by atoms with Crippen LogP contribution in [-0.4, -0.2) is 43.2 Å². The first-order valence-electron chi connectivity index (χ1n) is 12.5. The Bertz CT molecular complexity index is 1140. The van der Waals surface area contributed by atoms with E-state index in [1.165, 1.54) is 34.5 Å². The Hall–Kier alpha value is -2.82. The fourth-order valence-electron chi connectivity index (χ4n) is 6.85. The van der Waals surface area contributed by atoms with Crippen LogP contribution in [0.1, 0.15) is 35.6 Å². The molecule has 4 nitrogen and oxygen atoms in total. The van der Waals surface area contributed by atoms with Gasteiger partial charge in [0.25, 0.3) is 0 Å². The summed E-state index contributed by atoms with van der Waals surface area (Å²) in [6.45, 7) is 4.47. The molecule has 0 amide bonds. The first-order valence-corrected chi connectivity index (χ1v) is 12.5. The van der Waals surface area contributed by atoms with Crippen LogP contribution in [0, 0.1) is 5.92 Å². The van der Waals surface area contributed by atoms with Gasteiger partial charge in [0.2, 0.25) is 0 Å². The molecular formula is C29H31N3O. The number of anilines is 2. The lowest BCUT2D eigenvalue weighted by atomic mass is 9.85. The molecule has 1 unspecified atom stereocenters. The lowest BCUT2D eigenvalue weighted by molar-refractivity contribution is 0.0724. The molecule has 3 aromatic carbocycles. The average molecular weight is 438 g/mol. The maximum absolute atomic E-state index is 6.76. The normalized spacial score (nSPS) is 28.6. The molecule has 0 aromatic heterocycles. The van der Waals surface area contributed by atoms with E-state index in [0.29, 0.717) is 24.1 Å². The van der Waals surface area contributed by atoms with Crippen LogP contribution in [0.5, 0.6) is 0 Å². The number of rotatable bonds is 2. The molecule has 3 heterocycles. The summed E-state index contributed by atoms with van der Waals surface area (Å²) in [6, 6.07) is 29.7. The van der Waals surface area contributed by atoms with Crippen molar-refractivity contribution < 1.29 is 4.84 Å². The number of hydroxylamine groups is 1. The number of piperazine rings is 1. The Morgan fingerprint density at radius 1 is 0.697 bits per heavy atom. The molecule has 0 N–H and O–H groups in total. The lowest BCUT2D eigenvalue weighted by Gasteiger charge is -2.42. The van der Waals surface area contributed by atoms with Crippen LogP contribution in [0.4, 0.5) is 11.4 Å². The highest BCUT2D eigenvalue weighted by Gasteiger charge is 2.54. The van der Waals surface area contributed by atoms with Crippen molar-refractivity contribution in [3.05, 3.63) is 95.6 Å². The van der Waals surface area contributed by atoms with Gasteiger partial charge in [0, 0.05) is 43.8 Å². The molecule has 1 aliphatic carbocycles. The third-order valence-electron chi connectivity index (χ3n) is 8.38. The van der Waals surface area contributed by atoms with Crippen molar-refractivity contribution in [1.29, 1.82) is 0 Å². The van der Waals surface area contributed by atoms with Gasteiger partial charge in [-0.1, -0.05) is 60.7 Å². The molecule has 3 aliphatic heterocycles. The number of fused-ring (bicyclic) bond motifs is 7. The maximum Gasteiger partial charge on any atom is 0.0924 e. The second kappa shape index (κ2) is 7.89. The smallest absolute Gasteiger partial charge is 0.0924 e. The lowest BCUT2D eigenvalue weighted by Crippen LogP contribution is -2.52. The summed E-state index contributed by atoms with van der Waals surface area (Å²) in [5, 5.41) is 2.29. The van der Waals surface area contributed by atoms with Crippen molar-refractivity contribution in [1.82, 2.24) is 4.90 Å². The summed E-state index contributed by atoms with van der Waals surface area (Å²) in [4.78, 5) is 12.1. The van der Waals surface area contributed by atoms with Crippen LogP contribution >= 0.6 is 0 Å². The number of hydrogen-bond acceptors (Lipinski definition) is 4. The minimum Gasteiger partial charge on any atom is -0.369 e. The average Bonchev–Trinajstić information content (AvgIpc) is 3.41. The zero-order valence-corrected chi connectivity index (χ0v) is 19.0. The van der Waals surface area contributed by atoms with Crippen molar-refractivity contribution in [2.24, 2.45) is 5.92 Å². The van der Waals surface area contributed by atoms with Gasteiger partial charge in [-0.2, -0.15) is 0 Å². The summed E-state index contributed by atoms with van der Waals surface area (Å²) in [5.74, 6) is 0.514. The van der Waals surface area contributed by atoms with Gasteiger partial charge in [0.1, 0.15) is 0 Å². The predicted molar refractivity (Wildman–Crippen MR) is 133 cm³/mol. The van der Waals surface area contributed by atoms with Gasteiger partial charge in [0.05, 0.1) is 17.8 Å². The summed E-state index contributed by atoms with van der Waals surface area (Å²) in [6.07, 6.45) is 3.70. The Kier molecular flexibility index (Phi) is 4.70. The fraction of sp³-hybridized carbons (Fsp3) is 0.379. The molecular weight excluding hydrogens is 406 g/mol. The standard InChI is InChI=1S/C29H31N3O/c1-2-10-23(11-3-1)30-16-18-31(19-17-30)26-14-15-27-28(26)29-24-12-6-4-8-21(24)20-22-9-5-7-13-25(22)32(29)33-27/h1-13,26-29H,14-20H2/t26-,27+,28-,29?/m1/s1. The van der Waals surface area contributed by atoms with E-state index in [-0.39, 0.29) is 0 Å². The van der Waals surface area contributed by atoms with Gasteiger partial charge >= 0.3 is 0 Å². The van der Waals surface area contributed by atoms with Crippen LogP contribution in [0.3, 0.4) is 0 Å². The third-order valence-corrected chi connectivity index (χ3v) is 8.38. The van der Waals surface area contributed by atoms with E-state index in [1.54, 1.807) is 0 Å². The first-order chi connectivity index (χ1) is 16.4. The summed E-state index contributed by atoms with van der Waals surface area (Å²) < 4.78 is 0. The highest BCUT2D eigenvalue weighted by Crippen LogP contribution is 2.53. The number of benzene rings is 3. The zero-order valence-electron chi connectivity index (χ0n) is 19.0. The number of nitrogens with zero attached hydrogens (tertiary/aromatic N) is 3. The van der Waals surface area contributed by atoms with Crippen LogP contribution in [0.2, 0.25) is 0 Å². The number of hydrogen-bond donors (Lipinski definition) is 0. The molecule has 7 rings (SSSR count). The van der Waals surface area contributed by atoms with Crippen LogP contribution in [-0.2, 0) is 11.3 Å². The van der Waals surface area contributed by atoms with E-state index in [2.05, 4.69) is 93.7 Å². The van der Waals surface area contributed by atoms with E-state index in [4.69, 9.17) is 4.84 Å². The van der Waals surface area contributed by atoms with Gasteiger partial charge < -0.3 is 4.90 Å². The van der Waals surface area contributed by atoms with Crippen LogP contribution in [0.25, 0.3) is 0 Å². The minimum absolute atomic E-state index is 0.300. The molecule has 168 valence electrons. The van der Waals surface area contributed by atoms with E-state index in [9.17, 15) is 0 Å². The summed E-state index contributed by atoms with van der Waals surface area (Å²) in [7, 11) is 0. The number of para-hydroxylation sites is 2. The molecule has 4 heteroatoms. The van der Waals surface area contributed by atoms with Crippen molar-refractivity contribution in [3.8, 4) is 0 Å². The minimum atomic E-state index is 0.300. The molecule has 3 fully saturated rings. The monoisotopic (exact) mass is 437 g/mol. The predicted octanol–water partition coefficient (Wildman–Crippen LogP) is 5.05. The van der Waals surface area contributed by atoms with Crippen LogP contribution < -0.4 is 9.96 Å². The van der Waals surface area contributed by atoms with E-state index >= 15 is 0 Å². The van der Waals surface area contributed by atoms with Crippen molar-refractivity contribution in [2.45, 2.75) is 37.5 Å². The molecule has 0 spiro atoms. The molecule has 2 saturated heterocycles. The summed E-state index contributed by atoms with van der Waals surface area (Å²) in [5.41, 5.74) is 6.92. The molecule has 4 aliphatic rings. The van der Waals surface area contributed by atoms with Gasteiger partial charge in [-0.15, -0.1) is 0 Å². The molecule has 3 aromatic rings. The van der Waals surface area contributed by atoms with Gasteiger partial charge in [-0.25, -0.2) is 5.06 Å². The van der Waals surface area contributed by atoms with Crippen molar-refractivity contribution in [3.63, 3.8) is 0 Å². The highest BCUT2D eigenvalue weighted by atomic mass is 16.7. The highest BCUT2D eigenvalue weighted by molar-refractivity contribution is 5.59. The molecule has 33 heavy (non-hydrogen) atoms. The molecule has 4 atom stereocenters. The molecule has 0 radical (unpaired) electrons. The fourth-order valence-corrected chi connectivity index (χ4v) is 6.85. The molecule has 1 saturated carbocycles. The van der Waals surface area contributed by atoms with Gasteiger partial charge in [0.15, 0.2) is 0 Å².